The van der Waals surface area contributed by atoms with Crippen molar-refractivity contribution in [3.8, 4) is 0 Å². The molecule has 1 saturated carbocycles. The molecule has 0 N–H and O–H groups in total. The average molecular weight is 223 g/mol. The van der Waals surface area contributed by atoms with Gasteiger partial charge in [0.1, 0.15) is 0 Å². The molecular weight excluding hydrogens is 202 g/mol. The lowest BCUT2D eigenvalue weighted by Gasteiger charge is -2.15. The summed E-state index contributed by atoms with van der Waals surface area (Å²) < 4.78 is 0. The molecule has 4 heteroatoms. The Morgan fingerprint density at radius 2 is 2.06 bits per heavy atom. The van der Waals surface area contributed by atoms with E-state index in [4.69, 9.17) is 0 Å². The Balaban J connectivity index is 1.91. The van der Waals surface area contributed by atoms with Crippen molar-refractivity contribution in [3.63, 3.8) is 0 Å². The maximum absolute atomic E-state index is 11.7. The molecule has 0 bridgehead atoms. The highest BCUT2D eigenvalue weighted by Gasteiger charge is 2.30. The molecule has 90 valence electrons. The summed E-state index contributed by atoms with van der Waals surface area (Å²) in [5.41, 5.74) is 1.14. The lowest BCUT2D eigenvalue weighted by molar-refractivity contribution is -0.128. The lowest BCUT2D eigenvalue weighted by Crippen LogP contribution is -2.29. The first kappa shape index (κ1) is 11.6. The number of rotatable bonds is 4. The lowest BCUT2D eigenvalue weighted by atomic mass is 10.00. The van der Waals surface area contributed by atoms with Gasteiger partial charge in [-0.2, -0.15) is 5.10 Å². The Kier molecular flexibility index (Phi) is 3.59. The molecule has 2 aliphatic rings. The summed E-state index contributed by atoms with van der Waals surface area (Å²) in [6.45, 7) is 1.61. The van der Waals surface area contributed by atoms with Gasteiger partial charge in [0.15, 0.2) is 0 Å². The standard InChI is InChI=1S/C12H21N3O/c1-14(2)7-8-15-12(16)9-11(13-15)10-5-3-4-6-10/h10H,3-9H2,1-2H3. The molecule has 1 aliphatic heterocycles. The Morgan fingerprint density at radius 3 is 2.69 bits per heavy atom. The highest BCUT2D eigenvalue weighted by molar-refractivity contribution is 6.06. The second-order valence-corrected chi connectivity index (χ2v) is 5.07. The molecule has 4 nitrogen and oxygen atoms in total. The summed E-state index contributed by atoms with van der Waals surface area (Å²) in [5.74, 6) is 0.775. The Morgan fingerprint density at radius 1 is 1.38 bits per heavy atom. The van der Waals surface area contributed by atoms with Crippen molar-refractivity contribution in [2.24, 2.45) is 11.0 Å². The third-order valence-electron chi connectivity index (χ3n) is 3.45. The Labute approximate surface area is 97.3 Å². The normalized spacial score (nSPS) is 22.3. The highest BCUT2D eigenvalue weighted by Crippen LogP contribution is 2.29. The molecule has 0 saturated heterocycles. The minimum absolute atomic E-state index is 0.184. The van der Waals surface area contributed by atoms with E-state index in [-0.39, 0.29) is 5.91 Å². The van der Waals surface area contributed by atoms with Gasteiger partial charge in [0.25, 0.3) is 0 Å². The summed E-state index contributed by atoms with van der Waals surface area (Å²) in [5, 5.41) is 6.16. The van der Waals surface area contributed by atoms with Gasteiger partial charge >= 0.3 is 0 Å². The van der Waals surface area contributed by atoms with Gasteiger partial charge in [-0.15, -0.1) is 0 Å². The quantitative estimate of drug-likeness (QED) is 0.720. The monoisotopic (exact) mass is 223 g/mol. The first-order valence-electron chi connectivity index (χ1n) is 6.19. The van der Waals surface area contributed by atoms with E-state index < -0.39 is 0 Å². The van der Waals surface area contributed by atoms with Crippen molar-refractivity contribution in [1.29, 1.82) is 0 Å². The fourth-order valence-corrected chi connectivity index (χ4v) is 2.45. The van der Waals surface area contributed by atoms with Crippen LogP contribution in [-0.4, -0.2) is 48.7 Å². The van der Waals surface area contributed by atoms with Crippen molar-refractivity contribution in [2.45, 2.75) is 32.1 Å². The van der Waals surface area contributed by atoms with Gasteiger partial charge < -0.3 is 4.90 Å². The fourth-order valence-electron chi connectivity index (χ4n) is 2.45. The topological polar surface area (TPSA) is 35.9 Å². The van der Waals surface area contributed by atoms with Crippen LogP contribution in [0.25, 0.3) is 0 Å². The molecule has 1 heterocycles. The van der Waals surface area contributed by atoms with E-state index in [0.29, 0.717) is 12.3 Å². The van der Waals surface area contributed by atoms with E-state index in [0.717, 1.165) is 18.8 Å². The summed E-state index contributed by atoms with van der Waals surface area (Å²) in [7, 11) is 4.03. The zero-order chi connectivity index (χ0) is 11.5. The number of hydrazone groups is 1. The van der Waals surface area contributed by atoms with Crippen LogP contribution >= 0.6 is 0 Å². The molecule has 0 atom stereocenters. The average Bonchev–Trinajstić information content (AvgIpc) is 2.83. The summed E-state index contributed by atoms with van der Waals surface area (Å²) in [6.07, 6.45) is 5.63. The van der Waals surface area contributed by atoms with Crippen molar-refractivity contribution < 1.29 is 4.79 Å². The first-order chi connectivity index (χ1) is 7.66. The Hall–Kier alpha value is -0.900. The predicted molar refractivity (Wildman–Crippen MR) is 64.3 cm³/mol. The van der Waals surface area contributed by atoms with E-state index >= 15 is 0 Å². The van der Waals surface area contributed by atoms with Crippen LogP contribution in [0.4, 0.5) is 0 Å². The number of carbonyl (C=O) groups is 1. The van der Waals surface area contributed by atoms with Crippen LogP contribution in [-0.2, 0) is 4.79 Å². The highest BCUT2D eigenvalue weighted by atomic mass is 16.2. The largest absolute Gasteiger partial charge is 0.308 e. The van der Waals surface area contributed by atoms with Crippen LogP contribution in [0.1, 0.15) is 32.1 Å². The number of likely N-dealkylation sites (N-methyl/N-ethyl adjacent to an activating group) is 1. The summed E-state index contributed by atoms with van der Waals surface area (Å²) in [6, 6.07) is 0. The van der Waals surface area contributed by atoms with Gasteiger partial charge in [-0.25, -0.2) is 5.01 Å². The molecule has 0 aromatic carbocycles. The molecule has 1 aliphatic carbocycles. The van der Waals surface area contributed by atoms with Crippen LogP contribution in [0, 0.1) is 5.92 Å². The van der Waals surface area contributed by atoms with Crippen LogP contribution in [0.3, 0.4) is 0 Å². The van der Waals surface area contributed by atoms with Crippen molar-refractivity contribution >= 4 is 11.6 Å². The number of nitrogens with zero attached hydrogens (tertiary/aromatic N) is 3. The molecule has 1 amide bonds. The van der Waals surface area contributed by atoms with E-state index in [1.807, 2.05) is 14.1 Å². The van der Waals surface area contributed by atoms with E-state index in [1.54, 1.807) is 5.01 Å². The van der Waals surface area contributed by atoms with Crippen molar-refractivity contribution in [2.75, 3.05) is 27.2 Å². The van der Waals surface area contributed by atoms with Crippen LogP contribution in [0.5, 0.6) is 0 Å². The van der Waals surface area contributed by atoms with E-state index in [9.17, 15) is 4.79 Å². The van der Waals surface area contributed by atoms with E-state index in [2.05, 4.69) is 10.0 Å². The number of carbonyl (C=O) groups excluding carboxylic acids is 1. The van der Waals surface area contributed by atoms with E-state index in [1.165, 1.54) is 25.7 Å². The molecular formula is C12H21N3O. The second kappa shape index (κ2) is 4.95. The van der Waals surface area contributed by atoms with Gasteiger partial charge in [-0.1, -0.05) is 12.8 Å². The molecule has 0 unspecified atom stereocenters. The second-order valence-electron chi connectivity index (χ2n) is 5.07. The van der Waals surface area contributed by atoms with Gasteiger partial charge in [0, 0.05) is 6.54 Å². The van der Waals surface area contributed by atoms with Gasteiger partial charge in [-0.3, -0.25) is 4.79 Å². The van der Waals surface area contributed by atoms with Crippen molar-refractivity contribution in [3.05, 3.63) is 0 Å². The zero-order valence-corrected chi connectivity index (χ0v) is 10.3. The van der Waals surface area contributed by atoms with Crippen molar-refractivity contribution in [1.82, 2.24) is 9.91 Å². The molecule has 1 fully saturated rings. The smallest absolute Gasteiger partial charge is 0.248 e. The SMILES string of the molecule is CN(C)CCN1N=C(C2CCCC2)CC1=O. The predicted octanol–water partition coefficient (Wildman–Crippen LogP) is 1.33. The minimum atomic E-state index is 0.184. The molecule has 0 aromatic rings. The zero-order valence-electron chi connectivity index (χ0n) is 10.3. The number of hydrogen-bond donors (Lipinski definition) is 0. The molecule has 0 spiro atoms. The first-order valence-corrected chi connectivity index (χ1v) is 6.19. The van der Waals surface area contributed by atoms with Gasteiger partial charge in [0.05, 0.1) is 18.7 Å². The number of amides is 1. The van der Waals surface area contributed by atoms with Crippen LogP contribution in [0.15, 0.2) is 5.10 Å². The van der Waals surface area contributed by atoms with Crippen LogP contribution in [0.2, 0.25) is 0 Å². The summed E-state index contributed by atoms with van der Waals surface area (Å²) >= 11 is 0. The number of hydrogen-bond acceptors (Lipinski definition) is 3. The third-order valence-corrected chi connectivity index (χ3v) is 3.45. The summed E-state index contributed by atoms with van der Waals surface area (Å²) in [4.78, 5) is 13.8. The van der Waals surface area contributed by atoms with Crippen LogP contribution < -0.4 is 0 Å². The molecule has 16 heavy (non-hydrogen) atoms. The third kappa shape index (κ3) is 2.61. The van der Waals surface area contributed by atoms with Gasteiger partial charge in [0.2, 0.25) is 5.91 Å². The maximum Gasteiger partial charge on any atom is 0.248 e. The molecule has 0 aromatic heterocycles. The molecule has 0 radical (unpaired) electrons. The molecule has 2 rings (SSSR count). The maximum atomic E-state index is 11.7. The van der Waals surface area contributed by atoms with Gasteiger partial charge in [-0.05, 0) is 32.9 Å². The fraction of sp³-hybridized carbons (Fsp3) is 0.833. The minimum Gasteiger partial charge on any atom is -0.308 e. The Bertz CT molecular complexity index is 293.